The number of carbonyl (C=O) groups excluding carboxylic acids is 1. The van der Waals surface area contributed by atoms with Gasteiger partial charge in [-0.25, -0.2) is 4.39 Å². The number of halogens is 2. The van der Waals surface area contributed by atoms with E-state index < -0.39 is 16.6 Å². The van der Waals surface area contributed by atoms with Gasteiger partial charge in [0.15, 0.2) is 0 Å². The second-order valence-corrected chi connectivity index (χ2v) is 6.50. The number of carbonyl (C=O) groups is 1. The van der Waals surface area contributed by atoms with Crippen LogP contribution in [0.2, 0.25) is 5.02 Å². The molecule has 0 aliphatic heterocycles. The molecule has 1 aromatic rings. The molecule has 1 amide bonds. The predicted octanol–water partition coefficient (Wildman–Crippen LogP) is 2.13. The number of amides is 1. The van der Waals surface area contributed by atoms with E-state index in [1.807, 2.05) is 0 Å². The van der Waals surface area contributed by atoms with Gasteiger partial charge in [-0.1, -0.05) is 11.6 Å². The van der Waals surface area contributed by atoms with Gasteiger partial charge in [0.1, 0.15) is 11.6 Å². The van der Waals surface area contributed by atoms with Crippen molar-refractivity contribution in [2.45, 2.75) is 18.6 Å². The standard InChI is InChI=1S/C13H17ClFNO3S/c1-9(20(2)18)8-16-13(17)5-6-19-12-4-3-10(15)7-11(12)14/h3-4,7,9H,5-6,8H2,1-2H3,(H,16,17)/t9-,20-/m1/s1. The molecule has 0 spiro atoms. The van der Waals surface area contributed by atoms with E-state index in [1.54, 1.807) is 13.2 Å². The monoisotopic (exact) mass is 321 g/mol. The molecule has 0 unspecified atom stereocenters. The summed E-state index contributed by atoms with van der Waals surface area (Å²) < 4.78 is 29.2. The maximum Gasteiger partial charge on any atom is 0.223 e. The first-order chi connectivity index (χ1) is 9.40. The van der Waals surface area contributed by atoms with Gasteiger partial charge in [-0.05, 0) is 25.1 Å². The van der Waals surface area contributed by atoms with Crippen molar-refractivity contribution >= 4 is 28.3 Å². The van der Waals surface area contributed by atoms with Crippen LogP contribution in [-0.2, 0) is 15.6 Å². The average Bonchev–Trinajstić information content (AvgIpc) is 2.38. The van der Waals surface area contributed by atoms with Crippen LogP contribution >= 0.6 is 11.6 Å². The Morgan fingerprint density at radius 3 is 2.85 bits per heavy atom. The lowest BCUT2D eigenvalue weighted by atomic mass is 10.3. The summed E-state index contributed by atoms with van der Waals surface area (Å²) in [7, 11) is -0.966. The number of rotatable bonds is 7. The van der Waals surface area contributed by atoms with Gasteiger partial charge >= 0.3 is 0 Å². The van der Waals surface area contributed by atoms with Crippen LogP contribution in [0.25, 0.3) is 0 Å². The molecule has 2 atom stereocenters. The first kappa shape index (κ1) is 16.9. The number of nitrogens with one attached hydrogen (secondary N) is 1. The fourth-order valence-corrected chi connectivity index (χ4v) is 1.85. The summed E-state index contributed by atoms with van der Waals surface area (Å²) in [6, 6.07) is 3.80. The quantitative estimate of drug-likeness (QED) is 0.837. The highest BCUT2D eigenvalue weighted by atomic mass is 35.5. The minimum Gasteiger partial charge on any atom is -0.491 e. The third-order valence-corrected chi connectivity index (χ3v) is 4.23. The fourth-order valence-electron chi connectivity index (χ4n) is 1.31. The first-order valence-corrected chi connectivity index (χ1v) is 8.07. The molecule has 0 aromatic heterocycles. The molecule has 0 fully saturated rings. The van der Waals surface area contributed by atoms with E-state index in [4.69, 9.17) is 16.3 Å². The van der Waals surface area contributed by atoms with Crippen molar-refractivity contribution in [3.05, 3.63) is 29.0 Å². The highest BCUT2D eigenvalue weighted by Gasteiger charge is 2.09. The zero-order chi connectivity index (χ0) is 15.1. The maximum absolute atomic E-state index is 12.8. The summed E-state index contributed by atoms with van der Waals surface area (Å²) in [5.74, 6) is -0.300. The molecule has 1 N–H and O–H groups in total. The van der Waals surface area contributed by atoms with E-state index in [9.17, 15) is 13.4 Å². The molecule has 0 radical (unpaired) electrons. The molecular formula is C13H17ClFNO3S. The summed E-state index contributed by atoms with van der Waals surface area (Å²) in [6.07, 6.45) is 1.74. The zero-order valence-electron chi connectivity index (χ0n) is 11.3. The summed E-state index contributed by atoms with van der Waals surface area (Å²) >= 11 is 5.78. The SMILES string of the molecule is C[C@H](CNC(=O)CCOc1ccc(F)cc1Cl)[S@@](C)=O. The molecular weight excluding hydrogens is 305 g/mol. The van der Waals surface area contributed by atoms with Crippen molar-refractivity contribution in [3.63, 3.8) is 0 Å². The van der Waals surface area contributed by atoms with Crippen molar-refractivity contribution in [1.82, 2.24) is 5.32 Å². The summed E-state index contributed by atoms with van der Waals surface area (Å²) in [5, 5.41) is 2.74. The van der Waals surface area contributed by atoms with Gasteiger partial charge in [0.25, 0.3) is 0 Å². The number of ether oxygens (including phenoxy) is 1. The molecule has 7 heteroatoms. The lowest BCUT2D eigenvalue weighted by molar-refractivity contribution is -0.121. The lowest BCUT2D eigenvalue weighted by Crippen LogP contribution is -2.33. The van der Waals surface area contributed by atoms with Gasteiger partial charge in [-0.3, -0.25) is 9.00 Å². The summed E-state index contributed by atoms with van der Waals surface area (Å²) in [4.78, 5) is 11.5. The largest absolute Gasteiger partial charge is 0.491 e. The third-order valence-electron chi connectivity index (χ3n) is 2.63. The van der Waals surface area contributed by atoms with Crippen LogP contribution in [0, 0.1) is 5.82 Å². The highest BCUT2D eigenvalue weighted by Crippen LogP contribution is 2.24. The van der Waals surface area contributed by atoms with Gasteiger partial charge < -0.3 is 10.1 Å². The Labute approximate surface area is 125 Å². The summed E-state index contributed by atoms with van der Waals surface area (Å²) in [5.41, 5.74) is 0. The highest BCUT2D eigenvalue weighted by molar-refractivity contribution is 7.84. The molecule has 0 aliphatic rings. The van der Waals surface area contributed by atoms with E-state index in [-0.39, 0.29) is 29.2 Å². The van der Waals surface area contributed by atoms with Crippen molar-refractivity contribution in [2.24, 2.45) is 0 Å². The Morgan fingerprint density at radius 1 is 1.55 bits per heavy atom. The molecule has 0 aliphatic carbocycles. The third kappa shape index (κ3) is 5.88. The number of hydrogen-bond acceptors (Lipinski definition) is 3. The maximum atomic E-state index is 12.8. The molecule has 1 aromatic carbocycles. The smallest absolute Gasteiger partial charge is 0.223 e. The summed E-state index contributed by atoms with van der Waals surface area (Å²) in [6.45, 7) is 2.30. The van der Waals surface area contributed by atoms with E-state index in [0.717, 1.165) is 6.07 Å². The minimum atomic E-state index is -0.966. The second kappa shape index (κ2) is 8.21. The first-order valence-electron chi connectivity index (χ1n) is 6.07. The normalized spacial score (nSPS) is 13.6. The zero-order valence-corrected chi connectivity index (χ0v) is 12.9. The van der Waals surface area contributed by atoms with Crippen LogP contribution in [0.15, 0.2) is 18.2 Å². The minimum absolute atomic E-state index is 0.0913. The van der Waals surface area contributed by atoms with Crippen LogP contribution in [0.4, 0.5) is 4.39 Å². The average molecular weight is 322 g/mol. The van der Waals surface area contributed by atoms with Crippen molar-refractivity contribution < 1.29 is 18.1 Å². The van der Waals surface area contributed by atoms with Gasteiger partial charge in [0, 0.05) is 28.9 Å². The lowest BCUT2D eigenvalue weighted by Gasteiger charge is -2.11. The van der Waals surface area contributed by atoms with Gasteiger partial charge in [-0.2, -0.15) is 0 Å². The van der Waals surface area contributed by atoms with Crippen LogP contribution in [-0.4, -0.2) is 34.8 Å². The topological polar surface area (TPSA) is 55.4 Å². The van der Waals surface area contributed by atoms with E-state index in [1.165, 1.54) is 12.1 Å². The van der Waals surface area contributed by atoms with Crippen molar-refractivity contribution in [2.75, 3.05) is 19.4 Å². The predicted molar refractivity (Wildman–Crippen MR) is 78.1 cm³/mol. The molecule has 0 saturated heterocycles. The van der Waals surface area contributed by atoms with E-state index >= 15 is 0 Å². The van der Waals surface area contributed by atoms with Crippen LogP contribution < -0.4 is 10.1 Å². The van der Waals surface area contributed by atoms with Gasteiger partial charge in [0.2, 0.25) is 5.91 Å². The van der Waals surface area contributed by atoms with Crippen molar-refractivity contribution in [3.8, 4) is 5.75 Å². The van der Waals surface area contributed by atoms with Crippen LogP contribution in [0.3, 0.4) is 0 Å². The Hall–Kier alpha value is -1.14. The molecule has 1 rings (SSSR count). The Balaban J connectivity index is 2.30. The fraction of sp³-hybridized carbons (Fsp3) is 0.462. The Bertz CT molecular complexity index is 499. The van der Waals surface area contributed by atoms with E-state index in [0.29, 0.717) is 12.3 Å². The Morgan fingerprint density at radius 2 is 2.25 bits per heavy atom. The second-order valence-electron chi connectivity index (χ2n) is 4.29. The molecule has 0 bridgehead atoms. The van der Waals surface area contributed by atoms with Gasteiger partial charge in [0.05, 0.1) is 18.1 Å². The van der Waals surface area contributed by atoms with Crippen LogP contribution in [0.5, 0.6) is 5.75 Å². The molecule has 112 valence electrons. The molecule has 20 heavy (non-hydrogen) atoms. The molecule has 0 saturated carbocycles. The molecule has 4 nitrogen and oxygen atoms in total. The Kier molecular flexibility index (Phi) is 6.95. The number of hydrogen-bond donors (Lipinski definition) is 1. The number of benzene rings is 1. The molecule has 0 heterocycles. The van der Waals surface area contributed by atoms with Crippen LogP contribution in [0.1, 0.15) is 13.3 Å². The van der Waals surface area contributed by atoms with Crippen molar-refractivity contribution in [1.29, 1.82) is 0 Å². The van der Waals surface area contributed by atoms with E-state index in [2.05, 4.69) is 5.32 Å². The van der Waals surface area contributed by atoms with Gasteiger partial charge in [-0.15, -0.1) is 0 Å².